The molecule has 0 amide bonds. The molecule has 0 rings (SSSR count). The molecule has 0 unspecified atom stereocenters. The molecule has 0 N–H and O–H groups in total. The van der Waals surface area contributed by atoms with E-state index >= 15 is 0 Å². The lowest BCUT2D eigenvalue weighted by Crippen LogP contribution is -1.60. The zero-order valence-corrected chi connectivity index (χ0v) is 3.99. The molecule has 0 bridgehead atoms. The molecule has 6 heavy (non-hydrogen) atoms. The van der Waals surface area contributed by atoms with Gasteiger partial charge in [-0.05, 0) is 6.42 Å². The topological polar surface area (TPSA) is 0 Å². The first-order valence-electron chi connectivity index (χ1n) is 2.19. The Kier molecular flexibility index (Phi) is 15.2. The van der Waals surface area contributed by atoms with Gasteiger partial charge in [0.15, 0.2) is 0 Å². The van der Waals surface area contributed by atoms with Gasteiger partial charge in [0.25, 0.3) is 0 Å². The van der Waals surface area contributed by atoms with E-state index in [0.717, 1.165) is 0 Å². The smallest absolute Gasteiger partial charge is 0.0654 e. The summed E-state index contributed by atoms with van der Waals surface area (Å²) in [5, 5.41) is 0. The standard InChI is InChI=1S/C5H11.Mg.2H/c1-3-5-4-2;;;/h3H,4-5H2,1-2H3;;;. The van der Waals surface area contributed by atoms with Crippen molar-refractivity contribution in [1.82, 2.24) is 0 Å². The summed E-state index contributed by atoms with van der Waals surface area (Å²) < 4.78 is 0. The zero-order valence-electron chi connectivity index (χ0n) is 3.99. The SMILES string of the molecule is C[CH]CCC.[MgH2]. The first-order valence-corrected chi connectivity index (χ1v) is 2.19. The highest BCUT2D eigenvalue weighted by molar-refractivity contribution is 5.75. The van der Waals surface area contributed by atoms with Crippen molar-refractivity contribution >= 4 is 23.1 Å². The lowest BCUT2D eigenvalue weighted by Gasteiger charge is -1.78. The zero-order chi connectivity index (χ0) is 4.12. The third-order valence-corrected chi connectivity index (χ3v) is 0.577. The van der Waals surface area contributed by atoms with Crippen molar-refractivity contribution in [1.29, 1.82) is 0 Å². The normalized spacial score (nSPS) is 7.00. The van der Waals surface area contributed by atoms with Crippen molar-refractivity contribution < 1.29 is 0 Å². The van der Waals surface area contributed by atoms with E-state index in [9.17, 15) is 0 Å². The first-order chi connectivity index (χ1) is 2.41. The molecule has 1 heteroatoms. The van der Waals surface area contributed by atoms with E-state index in [0.29, 0.717) is 0 Å². The average Bonchev–Trinajstić information content (AvgIpc) is 1.41. The predicted molar refractivity (Wildman–Crippen MR) is 33.4 cm³/mol. The highest BCUT2D eigenvalue weighted by Gasteiger charge is 1.68. The molecule has 0 fully saturated rings. The summed E-state index contributed by atoms with van der Waals surface area (Å²) in [6.45, 7) is 4.27. The van der Waals surface area contributed by atoms with Crippen LogP contribution in [0.15, 0.2) is 0 Å². The van der Waals surface area contributed by atoms with Crippen LogP contribution in [0, 0.1) is 6.42 Å². The van der Waals surface area contributed by atoms with Crippen molar-refractivity contribution in [2.45, 2.75) is 26.7 Å². The molecule has 0 aromatic rings. The highest BCUT2D eigenvalue weighted by atomic mass is 24.3. The molecule has 35 valence electrons. The maximum absolute atomic E-state index is 2.18. The minimum atomic E-state index is 0. The summed E-state index contributed by atoms with van der Waals surface area (Å²) in [5.41, 5.74) is 0. The van der Waals surface area contributed by atoms with E-state index < -0.39 is 0 Å². The van der Waals surface area contributed by atoms with Crippen LogP contribution < -0.4 is 0 Å². The Bertz CT molecular complexity index is 11.4. The number of hydrogen-bond donors (Lipinski definition) is 0. The molecule has 0 spiro atoms. The van der Waals surface area contributed by atoms with Crippen LogP contribution in [-0.2, 0) is 0 Å². The Morgan fingerprint density at radius 3 is 2.00 bits per heavy atom. The molecule has 0 heterocycles. The Morgan fingerprint density at radius 1 is 1.50 bits per heavy atom. The number of unbranched alkanes of at least 4 members (excludes halogenated alkanes) is 2. The summed E-state index contributed by atoms with van der Waals surface area (Å²) in [4.78, 5) is 0. The van der Waals surface area contributed by atoms with Crippen LogP contribution >= 0.6 is 0 Å². The lowest BCUT2D eigenvalue weighted by atomic mass is 10.3. The fourth-order valence-electron chi connectivity index (χ4n) is 0.289. The van der Waals surface area contributed by atoms with Crippen LogP contribution in [0.25, 0.3) is 0 Å². The molecule has 0 saturated heterocycles. The summed E-state index contributed by atoms with van der Waals surface area (Å²) in [6.07, 6.45) is 4.73. The first kappa shape index (κ1) is 9.90. The van der Waals surface area contributed by atoms with Gasteiger partial charge in [0.2, 0.25) is 0 Å². The molecular formula is C5H13Mg. The molecule has 0 aliphatic carbocycles. The number of hydrogen-bond acceptors (Lipinski definition) is 0. The Labute approximate surface area is 56.5 Å². The average molecular weight is 97.5 g/mol. The predicted octanol–water partition coefficient (Wildman–Crippen LogP) is 1.09. The van der Waals surface area contributed by atoms with Crippen LogP contribution in [0.3, 0.4) is 0 Å². The highest BCUT2D eigenvalue weighted by Crippen LogP contribution is 1.86. The van der Waals surface area contributed by atoms with Gasteiger partial charge in [-0.2, -0.15) is 0 Å². The maximum Gasteiger partial charge on any atom is 0.316 e. The van der Waals surface area contributed by atoms with E-state index in [-0.39, 0.29) is 23.1 Å². The fourth-order valence-corrected chi connectivity index (χ4v) is 0.289. The minimum Gasteiger partial charge on any atom is -0.0654 e. The van der Waals surface area contributed by atoms with Crippen LogP contribution in [0.2, 0.25) is 0 Å². The van der Waals surface area contributed by atoms with E-state index in [1.807, 2.05) is 0 Å². The van der Waals surface area contributed by atoms with E-state index in [4.69, 9.17) is 0 Å². The van der Waals surface area contributed by atoms with Gasteiger partial charge in [-0.3, -0.25) is 0 Å². The Hall–Kier alpha value is 0.766. The van der Waals surface area contributed by atoms with Crippen molar-refractivity contribution in [3.05, 3.63) is 6.42 Å². The monoisotopic (exact) mass is 97.1 g/mol. The Balaban J connectivity index is 0. The van der Waals surface area contributed by atoms with Gasteiger partial charge < -0.3 is 0 Å². The molecule has 0 saturated carbocycles. The molecule has 0 aliphatic rings. The van der Waals surface area contributed by atoms with Crippen LogP contribution in [0.1, 0.15) is 26.7 Å². The second kappa shape index (κ2) is 9.23. The summed E-state index contributed by atoms with van der Waals surface area (Å²) in [7, 11) is 0. The molecule has 0 nitrogen and oxygen atoms in total. The van der Waals surface area contributed by atoms with Gasteiger partial charge in [0, 0.05) is 0 Å². The van der Waals surface area contributed by atoms with Crippen molar-refractivity contribution in [3.63, 3.8) is 0 Å². The van der Waals surface area contributed by atoms with Crippen LogP contribution in [-0.4, -0.2) is 23.1 Å². The van der Waals surface area contributed by atoms with E-state index in [1.165, 1.54) is 12.8 Å². The van der Waals surface area contributed by atoms with Crippen molar-refractivity contribution in [2.75, 3.05) is 0 Å². The third kappa shape index (κ3) is 8.84. The van der Waals surface area contributed by atoms with E-state index in [2.05, 4.69) is 20.3 Å². The maximum atomic E-state index is 2.18. The van der Waals surface area contributed by atoms with Gasteiger partial charge >= 0.3 is 23.1 Å². The lowest BCUT2D eigenvalue weighted by molar-refractivity contribution is 0.901. The molecule has 0 aromatic heterocycles. The molecule has 0 atom stereocenters. The Morgan fingerprint density at radius 2 is 2.00 bits per heavy atom. The van der Waals surface area contributed by atoms with E-state index in [1.54, 1.807) is 0 Å². The van der Waals surface area contributed by atoms with Gasteiger partial charge in [-0.1, -0.05) is 26.7 Å². The third-order valence-electron chi connectivity index (χ3n) is 0.577. The summed E-state index contributed by atoms with van der Waals surface area (Å²) >= 11 is 0. The van der Waals surface area contributed by atoms with Crippen LogP contribution in [0.4, 0.5) is 0 Å². The number of rotatable bonds is 2. The van der Waals surface area contributed by atoms with Crippen LogP contribution in [0.5, 0.6) is 0 Å². The van der Waals surface area contributed by atoms with Crippen molar-refractivity contribution in [2.24, 2.45) is 0 Å². The van der Waals surface area contributed by atoms with Gasteiger partial charge in [-0.25, -0.2) is 0 Å². The van der Waals surface area contributed by atoms with Gasteiger partial charge in [0.1, 0.15) is 0 Å². The van der Waals surface area contributed by atoms with Crippen molar-refractivity contribution in [3.8, 4) is 0 Å². The molecule has 0 aliphatic heterocycles. The molecule has 0 aromatic carbocycles. The molecule has 1 radical (unpaired) electrons. The summed E-state index contributed by atoms with van der Waals surface area (Å²) in [5.74, 6) is 0. The minimum absolute atomic E-state index is 0. The van der Waals surface area contributed by atoms with Gasteiger partial charge in [0.05, 0.1) is 0 Å². The second-order valence-electron chi connectivity index (χ2n) is 1.20. The summed E-state index contributed by atoms with van der Waals surface area (Å²) in [6, 6.07) is 0. The molecular weight excluding hydrogens is 84.4 g/mol. The van der Waals surface area contributed by atoms with Gasteiger partial charge in [-0.15, -0.1) is 0 Å². The second-order valence-corrected chi connectivity index (χ2v) is 1.20. The largest absolute Gasteiger partial charge is 0.316 e. The fraction of sp³-hybridized carbons (Fsp3) is 0.800. The quantitative estimate of drug-likeness (QED) is 0.453.